The molecule has 1 saturated heterocycles. The zero-order valence-electron chi connectivity index (χ0n) is 12.8. The lowest BCUT2D eigenvalue weighted by Crippen LogP contribution is -2.28. The summed E-state index contributed by atoms with van der Waals surface area (Å²) in [6.07, 6.45) is 6.33. The molecule has 4 atom stereocenters. The maximum atomic E-state index is 12.5. The number of halogens is 1. The SMILES string of the molecule is COc1cc(C=NN2C(=O)C3C4C=CC(C4)C3C2=O)cc(Cl)c1O. The average Bonchev–Trinajstić information content (AvgIpc) is 3.23. The molecule has 2 aliphatic carbocycles. The third kappa shape index (κ3) is 2.06. The highest BCUT2D eigenvalue weighted by molar-refractivity contribution is 6.32. The lowest BCUT2D eigenvalue weighted by Gasteiger charge is -2.13. The van der Waals surface area contributed by atoms with Crippen LogP contribution in [-0.4, -0.2) is 35.3 Å². The zero-order valence-corrected chi connectivity index (χ0v) is 13.6. The Morgan fingerprint density at radius 2 is 1.88 bits per heavy atom. The molecule has 1 aliphatic heterocycles. The van der Waals surface area contributed by atoms with Crippen molar-refractivity contribution in [2.45, 2.75) is 6.42 Å². The van der Waals surface area contributed by atoms with Crippen molar-refractivity contribution in [2.24, 2.45) is 28.8 Å². The van der Waals surface area contributed by atoms with Gasteiger partial charge in [0.05, 0.1) is 30.2 Å². The van der Waals surface area contributed by atoms with Gasteiger partial charge in [-0.3, -0.25) is 9.59 Å². The van der Waals surface area contributed by atoms with Crippen LogP contribution < -0.4 is 4.74 Å². The number of ether oxygens (including phenoxy) is 1. The summed E-state index contributed by atoms with van der Waals surface area (Å²) in [6, 6.07) is 3.02. The van der Waals surface area contributed by atoms with Gasteiger partial charge in [0.1, 0.15) is 0 Å². The van der Waals surface area contributed by atoms with Crippen LogP contribution >= 0.6 is 11.6 Å². The minimum Gasteiger partial charge on any atom is -0.503 e. The largest absolute Gasteiger partial charge is 0.503 e. The van der Waals surface area contributed by atoms with Crippen LogP contribution in [0.2, 0.25) is 5.02 Å². The van der Waals surface area contributed by atoms with E-state index >= 15 is 0 Å². The average molecular weight is 347 g/mol. The van der Waals surface area contributed by atoms with Crippen LogP contribution in [-0.2, 0) is 9.59 Å². The highest BCUT2D eigenvalue weighted by Crippen LogP contribution is 2.52. The van der Waals surface area contributed by atoms with Crippen LogP contribution in [0.5, 0.6) is 11.5 Å². The van der Waals surface area contributed by atoms with Crippen molar-refractivity contribution in [3.05, 3.63) is 34.9 Å². The lowest BCUT2D eigenvalue weighted by molar-refractivity contribution is -0.140. The number of imide groups is 1. The molecular weight excluding hydrogens is 332 g/mol. The number of benzene rings is 1. The first kappa shape index (κ1) is 15.2. The van der Waals surface area contributed by atoms with E-state index in [0.717, 1.165) is 11.4 Å². The summed E-state index contributed by atoms with van der Waals surface area (Å²) in [5, 5.41) is 14.9. The normalized spacial score (nSPS) is 30.7. The number of methoxy groups -OCH3 is 1. The van der Waals surface area contributed by atoms with Gasteiger partial charge in [0.15, 0.2) is 11.5 Å². The predicted molar refractivity (Wildman–Crippen MR) is 86.8 cm³/mol. The number of amides is 2. The topological polar surface area (TPSA) is 79.2 Å². The summed E-state index contributed by atoms with van der Waals surface area (Å²) in [4.78, 5) is 25.0. The van der Waals surface area contributed by atoms with Crippen molar-refractivity contribution in [3.8, 4) is 11.5 Å². The van der Waals surface area contributed by atoms with E-state index in [-0.39, 0.29) is 52.0 Å². The Labute approximate surface area is 143 Å². The standard InChI is InChI=1S/C17H15ClN2O4/c1-24-12-5-8(4-11(18)15(12)21)7-19-20-16(22)13-9-2-3-10(6-9)14(13)17(20)23/h2-5,7,9-10,13-14,21H,6H2,1H3. The van der Waals surface area contributed by atoms with Crippen molar-refractivity contribution in [1.82, 2.24) is 5.01 Å². The monoisotopic (exact) mass is 346 g/mol. The van der Waals surface area contributed by atoms with Crippen LogP contribution in [0.4, 0.5) is 0 Å². The fourth-order valence-corrected chi connectivity index (χ4v) is 4.17. The second-order valence-electron chi connectivity index (χ2n) is 6.29. The number of hydrazone groups is 1. The molecule has 24 heavy (non-hydrogen) atoms. The van der Waals surface area contributed by atoms with Gasteiger partial charge in [0.25, 0.3) is 11.8 Å². The summed E-state index contributed by atoms with van der Waals surface area (Å²) in [5.74, 6) is -0.696. The Kier molecular flexibility index (Phi) is 3.38. The van der Waals surface area contributed by atoms with Crippen LogP contribution in [0.3, 0.4) is 0 Å². The Morgan fingerprint density at radius 3 is 2.46 bits per heavy atom. The number of carbonyl (C=O) groups is 2. The van der Waals surface area contributed by atoms with E-state index in [4.69, 9.17) is 16.3 Å². The van der Waals surface area contributed by atoms with E-state index in [1.165, 1.54) is 25.5 Å². The number of hydrogen-bond donors (Lipinski definition) is 1. The Hall–Kier alpha value is -2.34. The van der Waals surface area contributed by atoms with Gasteiger partial charge in [-0.05, 0) is 36.0 Å². The quantitative estimate of drug-likeness (QED) is 0.517. The van der Waals surface area contributed by atoms with Crippen LogP contribution in [0.1, 0.15) is 12.0 Å². The third-order valence-electron chi connectivity index (χ3n) is 5.04. The molecule has 1 N–H and O–H groups in total. The first-order chi connectivity index (χ1) is 11.5. The smallest absolute Gasteiger partial charge is 0.254 e. The molecule has 2 bridgehead atoms. The Balaban J connectivity index is 1.60. The number of phenolic OH excluding ortho intramolecular Hbond substituents is 1. The molecule has 4 rings (SSSR count). The summed E-state index contributed by atoms with van der Waals surface area (Å²) in [6.45, 7) is 0. The second-order valence-corrected chi connectivity index (χ2v) is 6.69. The van der Waals surface area contributed by atoms with Gasteiger partial charge < -0.3 is 9.84 Å². The summed E-state index contributed by atoms with van der Waals surface area (Å²) in [5.41, 5.74) is 0.522. The predicted octanol–water partition coefficient (Wildman–Crippen LogP) is 2.20. The second kappa shape index (κ2) is 5.34. The maximum Gasteiger partial charge on any atom is 0.254 e. The number of nitrogens with zero attached hydrogens (tertiary/aromatic N) is 2. The third-order valence-corrected chi connectivity index (χ3v) is 5.33. The van der Waals surface area contributed by atoms with Gasteiger partial charge in [0.2, 0.25) is 0 Å². The molecule has 7 heteroatoms. The summed E-state index contributed by atoms with van der Waals surface area (Å²) in [7, 11) is 1.41. The first-order valence-electron chi connectivity index (χ1n) is 7.68. The molecule has 124 valence electrons. The van der Waals surface area contributed by atoms with E-state index in [0.29, 0.717) is 5.56 Å². The minimum absolute atomic E-state index is 0.106. The molecule has 4 unspecified atom stereocenters. The molecule has 1 aromatic carbocycles. The number of aromatic hydroxyl groups is 1. The molecule has 1 aromatic rings. The van der Waals surface area contributed by atoms with Gasteiger partial charge in [-0.15, -0.1) is 0 Å². The number of phenols is 1. The van der Waals surface area contributed by atoms with E-state index in [1.54, 1.807) is 0 Å². The molecule has 2 amide bonds. The maximum absolute atomic E-state index is 12.5. The van der Waals surface area contributed by atoms with Gasteiger partial charge in [-0.1, -0.05) is 23.8 Å². The molecule has 1 saturated carbocycles. The highest BCUT2D eigenvalue weighted by Gasteiger charge is 2.59. The minimum atomic E-state index is -0.275. The summed E-state index contributed by atoms with van der Waals surface area (Å²) >= 11 is 5.93. The van der Waals surface area contributed by atoms with Gasteiger partial charge in [0, 0.05) is 0 Å². The molecule has 1 heterocycles. The van der Waals surface area contributed by atoms with Gasteiger partial charge >= 0.3 is 0 Å². The Morgan fingerprint density at radius 1 is 1.25 bits per heavy atom. The van der Waals surface area contributed by atoms with E-state index in [9.17, 15) is 14.7 Å². The van der Waals surface area contributed by atoms with Crippen molar-refractivity contribution >= 4 is 29.6 Å². The fraction of sp³-hybridized carbons (Fsp3) is 0.353. The fourth-order valence-electron chi connectivity index (χ4n) is 3.95. The van der Waals surface area contributed by atoms with E-state index in [2.05, 4.69) is 5.10 Å². The molecule has 6 nitrogen and oxygen atoms in total. The number of allylic oxidation sites excluding steroid dienone is 2. The van der Waals surface area contributed by atoms with E-state index < -0.39 is 0 Å². The first-order valence-corrected chi connectivity index (χ1v) is 8.05. The van der Waals surface area contributed by atoms with E-state index in [1.807, 2.05) is 12.2 Å². The number of carbonyl (C=O) groups excluding carboxylic acids is 2. The molecule has 2 fully saturated rings. The number of rotatable bonds is 3. The number of hydrogen-bond acceptors (Lipinski definition) is 5. The van der Waals surface area contributed by atoms with Crippen molar-refractivity contribution in [1.29, 1.82) is 0 Å². The lowest BCUT2D eigenvalue weighted by atomic mass is 9.85. The van der Waals surface area contributed by atoms with Crippen molar-refractivity contribution in [2.75, 3.05) is 7.11 Å². The number of fused-ring (bicyclic) bond motifs is 5. The summed E-state index contributed by atoms with van der Waals surface area (Å²) < 4.78 is 5.03. The highest BCUT2D eigenvalue weighted by atomic mass is 35.5. The van der Waals surface area contributed by atoms with Crippen molar-refractivity contribution < 1.29 is 19.4 Å². The zero-order chi connectivity index (χ0) is 17.0. The van der Waals surface area contributed by atoms with Crippen LogP contribution in [0.15, 0.2) is 29.4 Å². The molecule has 3 aliphatic rings. The van der Waals surface area contributed by atoms with Gasteiger partial charge in [-0.25, -0.2) is 0 Å². The molecule has 0 spiro atoms. The Bertz CT molecular complexity index is 774. The van der Waals surface area contributed by atoms with Crippen molar-refractivity contribution in [3.63, 3.8) is 0 Å². The molecule has 0 radical (unpaired) electrons. The molecule has 0 aromatic heterocycles. The van der Waals surface area contributed by atoms with Gasteiger partial charge in [-0.2, -0.15) is 10.1 Å². The van der Waals surface area contributed by atoms with Crippen LogP contribution in [0, 0.1) is 23.7 Å². The van der Waals surface area contributed by atoms with Crippen LogP contribution in [0.25, 0.3) is 0 Å². The molecular formula is C17H15ClN2O4.